The first-order valence-electron chi connectivity index (χ1n) is 9.46. The van der Waals surface area contributed by atoms with Crippen LogP contribution >= 0.6 is 24.0 Å². The lowest BCUT2D eigenvalue weighted by atomic mass is 10.2. The Bertz CT molecular complexity index is 1050. The first-order chi connectivity index (χ1) is 14.9. The third-order valence-corrected chi connectivity index (χ3v) is 5.69. The highest BCUT2D eigenvalue weighted by atomic mass is 32.2. The number of nitrogens with zero attached hydrogens (tertiary/aromatic N) is 1. The van der Waals surface area contributed by atoms with Crippen molar-refractivity contribution in [1.29, 1.82) is 0 Å². The maximum Gasteiger partial charge on any atom is 0.338 e. The van der Waals surface area contributed by atoms with Crippen LogP contribution in [0.3, 0.4) is 0 Å². The number of thiocarbonyl (C=S) groups is 1. The monoisotopic (exact) mass is 458 g/mol. The minimum atomic E-state index is -0.432. The van der Waals surface area contributed by atoms with E-state index in [1.165, 1.54) is 17.0 Å². The van der Waals surface area contributed by atoms with Crippen LogP contribution in [0.15, 0.2) is 53.4 Å². The fourth-order valence-corrected chi connectivity index (χ4v) is 4.07. The molecule has 160 valence electrons. The van der Waals surface area contributed by atoms with E-state index in [2.05, 4.69) is 5.32 Å². The molecule has 0 aromatic heterocycles. The molecule has 0 aliphatic carbocycles. The zero-order valence-electron chi connectivity index (χ0n) is 16.6. The number of ether oxygens (including phenoxy) is 1. The standard InChI is InChI=1S/C22H19FN2O4S2/c1-2-29-21(28)14-7-9-16(10-8-14)24-19(26)11-12-25-20(27)18(31-22(25)30)13-15-5-3-4-6-17(15)23/h3-10,13H,2,11-12H2,1H3,(H,24,26)/b18-13-. The number of amides is 2. The van der Waals surface area contributed by atoms with Crippen LogP contribution in [0.5, 0.6) is 0 Å². The quantitative estimate of drug-likeness (QED) is 0.380. The highest BCUT2D eigenvalue weighted by Crippen LogP contribution is 2.33. The summed E-state index contributed by atoms with van der Waals surface area (Å²) in [5, 5.41) is 2.71. The van der Waals surface area contributed by atoms with Crippen molar-refractivity contribution in [3.63, 3.8) is 0 Å². The van der Waals surface area contributed by atoms with E-state index in [1.807, 2.05) is 0 Å². The van der Waals surface area contributed by atoms with Gasteiger partial charge in [0.15, 0.2) is 0 Å². The Morgan fingerprint density at radius 2 is 1.90 bits per heavy atom. The molecular formula is C22H19FN2O4S2. The lowest BCUT2D eigenvalue weighted by molar-refractivity contribution is -0.122. The van der Waals surface area contributed by atoms with Crippen LogP contribution in [0.25, 0.3) is 6.08 Å². The molecule has 3 rings (SSSR count). The molecule has 0 spiro atoms. The van der Waals surface area contributed by atoms with E-state index in [4.69, 9.17) is 17.0 Å². The van der Waals surface area contributed by atoms with Gasteiger partial charge in [-0.25, -0.2) is 9.18 Å². The number of thioether (sulfide) groups is 1. The van der Waals surface area contributed by atoms with Crippen molar-refractivity contribution in [3.8, 4) is 0 Å². The van der Waals surface area contributed by atoms with Gasteiger partial charge in [-0.05, 0) is 43.3 Å². The summed E-state index contributed by atoms with van der Waals surface area (Å²) in [4.78, 5) is 38.2. The topological polar surface area (TPSA) is 75.7 Å². The first kappa shape index (κ1) is 22.6. The third-order valence-electron chi connectivity index (χ3n) is 4.31. The lowest BCUT2D eigenvalue weighted by Crippen LogP contribution is -2.31. The Balaban J connectivity index is 1.56. The molecule has 2 aromatic carbocycles. The number of carbonyl (C=O) groups is 3. The summed E-state index contributed by atoms with van der Waals surface area (Å²) in [5.74, 6) is -1.53. The zero-order valence-corrected chi connectivity index (χ0v) is 18.2. The van der Waals surface area contributed by atoms with Crippen LogP contribution in [0.1, 0.15) is 29.3 Å². The van der Waals surface area contributed by atoms with Gasteiger partial charge in [-0.15, -0.1) is 0 Å². The van der Waals surface area contributed by atoms with Gasteiger partial charge in [-0.1, -0.05) is 42.2 Å². The van der Waals surface area contributed by atoms with Gasteiger partial charge in [-0.2, -0.15) is 0 Å². The van der Waals surface area contributed by atoms with E-state index in [0.29, 0.717) is 26.0 Å². The van der Waals surface area contributed by atoms with Gasteiger partial charge < -0.3 is 10.1 Å². The van der Waals surface area contributed by atoms with Gasteiger partial charge in [0.2, 0.25) is 5.91 Å². The lowest BCUT2D eigenvalue weighted by Gasteiger charge is -2.14. The molecule has 2 amide bonds. The highest BCUT2D eigenvalue weighted by Gasteiger charge is 2.32. The summed E-state index contributed by atoms with van der Waals surface area (Å²) in [6, 6.07) is 12.5. The second kappa shape index (κ2) is 10.3. The Hall–Kier alpha value is -3.04. The predicted octanol–water partition coefficient (Wildman–Crippen LogP) is 4.23. The van der Waals surface area contributed by atoms with Crippen molar-refractivity contribution < 1.29 is 23.5 Å². The van der Waals surface area contributed by atoms with Gasteiger partial charge >= 0.3 is 5.97 Å². The molecule has 1 aliphatic heterocycles. The highest BCUT2D eigenvalue weighted by molar-refractivity contribution is 8.26. The van der Waals surface area contributed by atoms with E-state index >= 15 is 0 Å². The fraction of sp³-hybridized carbons (Fsp3) is 0.182. The molecule has 0 unspecified atom stereocenters. The molecule has 1 heterocycles. The fourth-order valence-electron chi connectivity index (χ4n) is 2.77. The largest absolute Gasteiger partial charge is 0.462 e. The van der Waals surface area contributed by atoms with E-state index in [9.17, 15) is 18.8 Å². The summed E-state index contributed by atoms with van der Waals surface area (Å²) in [7, 11) is 0. The summed E-state index contributed by atoms with van der Waals surface area (Å²) in [6.07, 6.45) is 1.48. The van der Waals surface area contributed by atoms with Crippen molar-refractivity contribution in [1.82, 2.24) is 4.90 Å². The van der Waals surface area contributed by atoms with Gasteiger partial charge in [0.25, 0.3) is 5.91 Å². The van der Waals surface area contributed by atoms with Crippen LogP contribution in [-0.2, 0) is 14.3 Å². The minimum absolute atomic E-state index is 0.0268. The number of carbonyl (C=O) groups excluding carboxylic acids is 3. The van der Waals surface area contributed by atoms with Crippen molar-refractivity contribution in [2.45, 2.75) is 13.3 Å². The van der Waals surface area contributed by atoms with Crippen molar-refractivity contribution >= 4 is 57.8 Å². The van der Waals surface area contributed by atoms with Crippen LogP contribution in [0.4, 0.5) is 10.1 Å². The van der Waals surface area contributed by atoms with Gasteiger partial charge in [0.1, 0.15) is 10.1 Å². The number of benzene rings is 2. The van der Waals surface area contributed by atoms with E-state index in [-0.39, 0.29) is 31.4 Å². The minimum Gasteiger partial charge on any atom is -0.462 e. The molecule has 0 radical (unpaired) electrons. The second-order valence-electron chi connectivity index (χ2n) is 6.45. The summed E-state index contributed by atoms with van der Waals surface area (Å²) < 4.78 is 19.1. The Morgan fingerprint density at radius 3 is 2.58 bits per heavy atom. The SMILES string of the molecule is CCOC(=O)c1ccc(NC(=O)CCN2C(=O)/C(=C/c3ccccc3F)SC2=S)cc1. The average Bonchev–Trinajstić information content (AvgIpc) is 3.01. The van der Waals surface area contributed by atoms with Crippen molar-refractivity contribution in [2.24, 2.45) is 0 Å². The summed E-state index contributed by atoms with van der Waals surface area (Å²) >= 11 is 6.32. The van der Waals surface area contributed by atoms with Crippen LogP contribution in [0.2, 0.25) is 0 Å². The molecule has 1 aliphatic rings. The van der Waals surface area contributed by atoms with Gasteiger partial charge in [0.05, 0.1) is 17.1 Å². The molecule has 2 aromatic rings. The third kappa shape index (κ3) is 5.77. The first-order valence-corrected chi connectivity index (χ1v) is 10.7. The van der Waals surface area contributed by atoms with Crippen molar-refractivity contribution in [2.75, 3.05) is 18.5 Å². The number of anilines is 1. The number of halogens is 1. The second-order valence-corrected chi connectivity index (χ2v) is 8.13. The molecule has 0 bridgehead atoms. The molecule has 0 saturated carbocycles. The molecule has 31 heavy (non-hydrogen) atoms. The number of hydrogen-bond acceptors (Lipinski definition) is 6. The Labute approximate surface area is 188 Å². The zero-order chi connectivity index (χ0) is 22.4. The maximum atomic E-state index is 13.8. The summed E-state index contributed by atoms with van der Waals surface area (Å²) in [6.45, 7) is 2.11. The molecule has 1 saturated heterocycles. The number of hydrogen-bond donors (Lipinski definition) is 1. The summed E-state index contributed by atoms with van der Waals surface area (Å²) in [5.41, 5.74) is 1.20. The smallest absolute Gasteiger partial charge is 0.338 e. The predicted molar refractivity (Wildman–Crippen MR) is 122 cm³/mol. The Kier molecular flexibility index (Phi) is 7.54. The normalized spacial score (nSPS) is 14.8. The van der Waals surface area contributed by atoms with Crippen molar-refractivity contribution in [3.05, 3.63) is 70.4 Å². The van der Waals surface area contributed by atoms with Gasteiger partial charge in [-0.3, -0.25) is 14.5 Å². The molecule has 0 atom stereocenters. The van der Waals surface area contributed by atoms with Crippen LogP contribution in [-0.4, -0.2) is 40.2 Å². The number of rotatable bonds is 7. The van der Waals surface area contributed by atoms with Crippen LogP contribution in [0, 0.1) is 5.82 Å². The van der Waals surface area contributed by atoms with E-state index < -0.39 is 11.8 Å². The molecule has 1 fully saturated rings. The Morgan fingerprint density at radius 1 is 1.19 bits per heavy atom. The van der Waals surface area contributed by atoms with Gasteiger partial charge in [0, 0.05) is 24.2 Å². The van der Waals surface area contributed by atoms with E-state index in [1.54, 1.807) is 49.4 Å². The molecule has 1 N–H and O–H groups in total. The molecular weight excluding hydrogens is 439 g/mol. The average molecular weight is 459 g/mol. The van der Waals surface area contributed by atoms with Crippen LogP contribution < -0.4 is 5.32 Å². The number of esters is 1. The maximum absolute atomic E-state index is 13.8. The molecule has 9 heteroatoms. The number of nitrogens with one attached hydrogen (secondary N) is 1. The molecule has 6 nitrogen and oxygen atoms in total. The van der Waals surface area contributed by atoms with E-state index in [0.717, 1.165) is 11.8 Å².